The van der Waals surface area contributed by atoms with Gasteiger partial charge in [-0.25, -0.2) is 13.9 Å². The summed E-state index contributed by atoms with van der Waals surface area (Å²) in [6.45, 7) is 0.634. The molecule has 1 fully saturated rings. The van der Waals surface area contributed by atoms with Crippen molar-refractivity contribution >= 4 is 5.65 Å². The number of aromatic nitrogens is 3. The molecule has 106 valence electrons. The normalized spacial score (nSPS) is 18.4. The lowest BCUT2D eigenvalue weighted by Gasteiger charge is -2.12. The van der Waals surface area contributed by atoms with Crippen molar-refractivity contribution in [1.82, 2.24) is 20.1 Å². The van der Waals surface area contributed by atoms with Crippen LogP contribution in [0.4, 0.5) is 4.39 Å². The standard InChI is InChI=1S/C15H13FN4O/c16-12-7-10(13-4-5-21-19-13)6-11(8-12)14-2-1-3-15-17-9-18-20(14)15/h1-3,6-9,13,19H,4-5H2/t13-/m1/s1. The first-order chi connectivity index (χ1) is 10.3. The average molecular weight is 284 g/mol. The van der Waals surface area contributed by atoms with Crippen molar-refractivity contribution in [2.75, 3.05) is 6.61 Å². The van der Waals surface area contributed by atoms with Crippen molar-refractivity contribution in [3.8, 4) is 11.3 Å². The molecule has 6 heteroatoms. The number of nitrogens with zero attached hydrogens (tertiary/aromatic N) is 3. The van der Waals surface area contributed by atoms with E-state index in [-0.39, 0.29) is 11.9 Å². The molecule has 0 spiro atoms. The van der Waals surface area contributed by atoms with Gasteiger partial charge in [-0.15, -0.1) is 0 Å². The van der Waals surface area contributed by atoms with Gasteiger partial charge in [0.05, 0.1) is 18.3 Å². The molecule has 0 saturated carbocycles. The highest BCUT2D eigenvalue weighted by molar-refractivity contribution is 5.63. The van der Waals surface area contributed by atoms with E-state index in [1.807, 2.05) is 24.3 Å². The molecule has 1 N–H and O–H groups in total. The molecular formula is C15H13FN4O. The van der Waals surface area contributed by atoms with E-state index in [4.69, 9.17) is 4.84 Å². The highest BCUT2D eigenvalue weighted by Crippen LogP contribution is 2.28. The summed E-state index contributed by atoms with van der Waals surface area (Å²) < 4.78 is 15.7. The van der Waals surface area contributed by atoms with Gasteiger partial charge in [-0.3, -0.25) is 0 Å². The number of nitrogens with one attached hydrogen (secondary N) is 1. The monoisotopic (exact) mass is 284 g/mol. The Morgan fingerprint density at radius 1 is 1.29 bits per heavy atom. The number of fused-ring (bicyclic) bond motifs is 1. The summed E-state index contributed by atoms with van der Waals surface area (Å²) in [4.78, 5) is 9.31. The molecule has 21 heavy (non-hydrogen) atoms. The van der Waals surface area contributed by atoms with Crippen LogP contribution in [0.5, 0.6) is 0 Å². The van der Waals surface area contributed by atoms with Crippen LogP contribution >= 0.6 is 0 Å². The third kappa shape index (κ3) is 2.18. The first kappa shape index (κ1) is 12.4. The van der Waals surface area contributed by atoms with Crippen LogP contribution in [-0.4, -0.2) is 21.2 Å². The molecule has 1 aliphatic rings. The molecule has 0 radical (unpaired) electrons. The van der Waals surface area contributed by atoms with E-state index in [1.165, 1.54) is 18.5 Å². The van der Waals surface area contributed by atoms with Crippen molar-refractivity contribution in [2.24, 2.45) is 0 Å². The highest BCUT2D eigenvalue weighted by atomic mass is 19.1. The maximum atomic E-state index is 14.0. The van der Waals surface area contributed by atoms with E-state index < -0.39 is 0 Å². The molecule has 0 amide bonds. The molecule has 3 heterocycles. The topological polar surface area (TPSA) is 51.5 Å². The van der Waals surface area contributed by atoms with E-state index >= 15 is 0 Å². The van der Waals surface area contributed by atoms with Gasteiger partial charge < -0.3 is 4.84 Å². The van der Waals surface area contributed by atoms with Gasteiger partial charge >= 0.3 is 0 Å². The Morgan fingerprint density at radius 3 is 3.10 bits per heavy atom. The van der Waals surface area contributed by atoms with Gasteiger partial charge in [-0.2, -0.15) is 10.6 Å². The quantitative estimate of drug-likeness (QED) is 0.785. The molecule has 3 aromatic rings. The molecule has 0 bridgehead atoms. The zero-order valence-electron chi connectivity index (χ0n) is 11.2. The Bertz CT molecular complexity index is 795. The number of hydrogen-bond acceptors (Lipinski definition) is 4. The highest BCUT2D eigenvalue weighted by Gasteiger charge is 2.19. The first-order valence-electron chi connectivity index (χ1n) is 6.78. The minimum Gasteiger partial charge on any atom is -0.301 e. The van der Waals surface area contributed by atoms with Gasteiger partial charge in [0.1, 0.15) is 12.1 Å². The summed E-state index contributed by atoms with van der Waals surface area (Å²) >= 11 is 0. The second-order valence-electron chi connectivity index (χ2n) is 5.02. The van der Waals surface area contributed by atoms with Crippen molar-refractivity contribution in [3.63, 3.8) is 0 Å². The number of pyridine rings is 1. The maximum absolute atomic E-state index is 14.0. The van der Waals surface area contributed by atoms with Crippen LogP contribution in [0.25, 0.3) is 16.9 Å². The fraction of sp³-hybridized carbons (Fsp3) is 0.200. The predicted molar refractivity (Wildman–Crippen MR) is 74.8 cm³/mol. The summed E-state index contributed by atoms with van der Waals surface area (Å²) in [5, 5.41) is 4.19. The lowest BCUT2D eigenvalue weighted by Crippen LogP contribution is -2.11. The molecule has 2 aromatic heterocycles. The molecule has 1 aromatic carbocycles. The molecule has 0 aliphatic carbocycles. The second-order valence-corrected chi connectivity index (χ2v) is 5.02. The number of hydrogen-bond donors (Lipinski definition) is 1. The van der Waals surface area contributed by atoms with E-state index in [0.29, 0.717) is 6.61 Å². The Balaban J connectivity index is 1.86. The number of rotatable bonds is 2. The smallest absolute Gasteiger partial charge is 0.155 e. The molecule has 1 saturated heterocycles. The van der Waals surface area contributed by atoms with E-state index in [9.17, 15) is 4.39 Å². The largest absolute Gasteiger partial charge is 0.301 e. The fourth-order valence-electron chi connectivity index (χ4n) is 2.66. The Morgan fingerprint density at radius 2 is 2.24 bits per heavy atom. The fourth-order valence-corrected chi connectivity index (χ4v) is 2.66. The molecule has 1 atom stereocenters. The number of halogens is 1. The van der Waals surface area contributed by atoms with Crippen LogP contribution in [0, 0.1) is 5.82 Å². The van der Waals surface area contributed by atoms with Crippen LogP contribution in [0.1, 0.15) is 18.0 Å². The minimum absolute atomic E-state index is 0.0226. The van der Waals surface area contributed by atoms with Crippen molar-refractivity contribution in [2.45, 2.75) is 12.5 Å². The van der Waals surface area contributed by atoms with Crippen molar-refractivity contribution in [1.29, 1.82) is 0 Å². The van der Waals surface area contributed by atoms with Gasteiger partial charge in [-0.1, -0.05) is 6.07 Å². The predicted octanol–water partition coefficient (Wildman–Crippen LogP) is 2.50. The molecule has 5 nitrogen and oxygen atoms in total. The van der Waals surface area contributed by atoms with E-state index in [1.54, 1.807) is 4.52 Å². The van der Waals surface area contributed by atoms with Crippen LogP contribution in [0.15, 0.2) is 42.7 Å². The summed E-state index contributed by atoms with van der Waals surface area (Å²) in [5.74, 6) is -0.270. The number of benzene rings is 1. The zero-order chi connectivity index (χ0) is 14.2. The van der Waals surface area contributed by atoms with Gasteiger partial charge in [0.25, 0.3) is 0 Å². The summed E-state index contributed by atoms with van der Waals surface area (Å²) in [6, 6.07) is 10.7. The second kappa shape index (κ2) is 4.91. The first-order valence-corrected chi connectivity index (χ1v) is 6.78. The van der Waals surface area contributed by atoms with Gasteiger partial charge in [0, 0.05) is 5.56 Å². The zero-order valence-corrected chi connectivity index (χ0v) is 11.2. The maximum Gasteiger partial charge on any atom is 0.155 e. The molecule has 1 aliphatic heterocycles. The summed E-state index contributed by atoms with van der Waals surface area (Å²) in [6.07, 6.45) is 2.32. The Hall–Kier alpha value is -2.31. The summed E-state index contributed by atoms with van der Waals surface area (Å²) in [7, 11) is 0. The van der Waals surface area contributed by atoms with Gasteiger partial charge in [0.15, 0.2) is 5.65 Å². The van der Waals surface area contributed by atoms with E-state index in [2.05, 4.69) is 15.6 Å². The van der Waals surface area contributed by atoms with Crippen LogP contribution in [0.2, 0.25) is 0 Å². The number of hydroxylamine groups is 1. The molecule has 0 unspecified atom stereocenters. The van der Waals surface area contributed by atoms with Crippen molar-refractivity contribution in [3.05, 3.63) is 54.1 Å². The minimum atomic E-state index is -0.270. The lowest BCUT2D eigenvalue weighted by molar-refractivity contribution is 0.0882. The Labute approximate surface area is 120 Å². The van der Waals surface area contributed by atoms with Crippen LogP contribution < -0.4 is 5.48 Å². The lowest BCUT2D eigenvalue weighted by atomic mass is 10.0. The van der Waals surface area contributed by atoms with Gasteiger partial charge in [-0.05, 0) is 42.3 Å². The SMILES string of the molecule is Fc1cc(-c2cccc3ncnn23)cc([C@H]2CCON2)c1. The molecule has 4 rings (SSSR count). The summed E-state index contributed by atoms with van der Waals surface area (Å²) in [5.41, 5.74) is 6.10. The van der Waals surface area contributed by atoms with Crippen LogP contribution in [-0.2, 0) is 4.84 Å². The Kier molecular flexibility index (Phi) is 2.90. The third-order valence-corrected chi connectivity index (χ3v) is 3.65. The third-order valence-electron chi connectivity index (χ3n) is 3.65. The average Bonchev–Trinajstić information content (AvgIpc) is 3.17. The molecular weight excluding hydrogens is 271 g/mol. The van der Waals surface area contributed by atoms with Gasteiger partial charge in [0.2, 0.25) is 0 Å². The van der Waals surface area contributed by atoms with Crippen LogP contribution in [0.3, 0.4) is 0 Å². The van der Waals surface area contributed by atoms with E-state index in [0.717, 1.165) is 28.9 Å². The van der Waals surface area contributed by atoms with Crippen molar-refractivity contribution < 1.29 is 9.23 Å².